The van der Waals surface area contributed by atoms with E-state index in [1.807, 2.05) is 0 Å². The molecule has 0 aliphatic carbocycles. The Hall–Kier alpha value is -2.83. The SMILES string of the molecule is O=C(c1ccco1)N1CC(c2nc(-c3ccco3)no2)C1. The zero-order valence-corrected chi connectivity index (χ0v) is 10.9. The van der Waals surface area contributed by atoms with Crippen LogP contribution in [0.3, 0.4) is 0 Å². The molecule has 7 nitrogen and oxygen atoms in total. The third kappa shape index (κ3) is 2.03. The Morgan fingerprint density at radius 2 is 2.00 bits per heavy atom. The molecule has 0 N–H and O–H groups in total. The lowest BCUT2D eigenvalue weighted by Gasteiger charge is -2.36. The third-order valence-electron chi connectivity index (χ3n) is 3.43. The Morgan fingerprint density at radius 3 is 2.71 bits per heavy atom. The molecule has 106 valence electrons. The van der Waals surface area contributed by atoms with E-state index in [-0.39, 0.29) is 11.8 Å². The average Bonchev–Trinajstić information content (AvgIpc) is 3.19. The minimum Gasteiger partial charge on any atom is -0.461 e. The zero-order valence-electron chi connectivity index (χ0n) is 10.9. The van der Waals surface area contributed by atoms with Crippen molar-refractivity contribution in [2.45, 2.75) is 5.92 Å². The van der Waals surface area contributed by atoms with Gasteiger partial charge in [-0.25, -0.2) is 0 Å². The summed E-state index contributed by atoms with van der Waals surface area (Å²) in [5.41, 5.74) is 0. The fourth-order valence-electron chi connectivity index (χ4n) is 2.26. The molecule has 1 aliphatic rings. The van der Waals surface area contributed by atoms with E-state index < -0.39 is 0 Å². The van der Waals surface area contributed by atoms with Gasteiger partial charge in [-0.05, 0) is 24.3 Å². The van der Waals surface area contributed by atoms with E-state index >= 15 is 0 Å². The molecule has 0 aromatic carbocycles. The summed E-state index contributed by atoms with van der Waals surface area (Å²) < 4.78 is 15.5. The molecule has 0 bridgehead atoms. The normalized spacial score (nSPS) is 15.1. The van der Waals surface area contributed by atoms with Crippen LogP contribution >= 0.6 is 0 Å². The van der Waals surface area contributed by atoms with Gasteiger partial charge in [0.1, 0.15) is 0 Å². The van der Waals surface area contributed by atoms with Gasteiger partial charge in [0.15, 0.2) is 11.5 Å². The number of nitrogens with zero attached hydrogens (tertiary/aromatic N) is 3. The van der Waals surface area contributed by atoms with Crippen LogP contribution < -0.4 is 0 Å². The summed E-state index contributed by atoms with van der Waals surface area (Å²) in [6.45, 7) is 1.08. The monoisotopic (exact) mass is 285 g/mol. The third-order valence-corrected chi connectivity index (χ3v) is 3.43. The van der Waals surface area contributed by atoms with Crippen LogP contribution in [0.15, 0.2) is 50.1 Å². The fourth-order valence-corrected chi connectivity index (χ4v) is 2.26. The number of aromatic nitrogens is 2. The van der Waals surface area contributed by atoms with Crippen LogP contribution in [-0.4, -0.2) is 34.0 Å². The molecule has 4 rings (SSSR count). The molecule has 3 aromatic heterocycles. The number of rotatable bonds is 3. The van der Waals surface area contributed by atoms with Crippen molar-refractivity contribution in [3.8, 4) is 11.6 Å². The van der Waals surface area contributed by atoms with Gasteiger partial charge < -0.3 is 18.3 Å². The van der Waals surface area contributed by atoms with Crippen LogP contribution in [0.1, 0.15) is 22.4 Å². The lowest BCUT2D eigenvalue weighted by atomic mass is 10.00. The van der Waals surface area contributed by atoms with Crippen molar-refractivity contribution in [2.24, 2.45) is 0 Å². The highest BCUT2D eigenvalue weighted by atomic mass is 16.5. The van der Waals surface area contributed by atoms with Crippen molar-refractivity contribution in [3.05, 3.63) is 48.4 Å². The molecule has 0 unspecified atom stereocenters. The standard InChI is InChI=1S/C14H11N3O4/c18-14(11-4-2-6-20-11)17-7-9(8-17)13-15-12(16-21-13)10-3-1-5-19-10/h1-6,9H,7-8H2. The van der Waals surface area contributed by atoms with E-state index in [4.69, 9.17) is 13.4 Å². The maximum Gasteiger partial charge on any atom is 0.289 e. The zero-order chi connectivity index (χ0) is 14.2. The van der Waals surface area contributed by atoms with Gasteiger partial charge in [-0.15, -0.1) is 0 Å². The Morgan fingerprint density at radius 1 is 1.19 bits per heavy atom. The van der Waals surface area contributed by atoms with E-state index in [0.717, 1.165) is 0 Å². The summed E-state index contributed by atoms with van der Waals surface area (Å²) in [7, 11) is 0. The maximum absolute atomic E-state index is 12.0. The van der Waals surface area contributed by atoms with Crippen LogP contribution in [0.5, 0.6) is 0 Å². The van der Waals surface area contributed by atoms with Gasteiger partial charge in [-0.1, -0.05) is 5.16 Å². The van der Waals surface area contributed by atoms with Crippen LogP contribution in [0.25, 0.3) is 11.6 Å². The molecule has 21 heavy (non-hydrogen) atoms. The quantitative estimate of drug-likeness (QED) is 0.733. The minimum absolute atomic E-state index is 0.0557. The van der Waals surface area contributed by atoms with E-state index in [2.05, 4.69) is 10.1 Å². The number of hydrogen-bond acceptors (Lipinski definition) is 6. The van der Waals surface area contributed by atoms with Crippen molar-refractivity contribution in [3.63, 3.8) is 0 Å². The van der Waals surface area contributed by atoms with Crippen molar-refractivity contribution < 1.29 is 18.2 Å². The number of furan rings is 2. The second-order valence-electron chi connectivity index (χ2n) is 4.82. The van der Waals surface area contributed by atoms with Crippen molar-refractivity contribution in [1.29, 1.82) is 0 Å². The van der Waals surface area contributed by atoms with Gasteiger partial charge in [0.2, 0.25) is 11.7 Å². The molecule has 1 aliphatic heterocycles. The summed E-state index contributed by atoms with van der Waals surface area (Å²) in [5.74, 6) is 1.78. The average molecular weight is 285 g/mol. The van der Waals surface area contributed by atoms with E-state index in [1.165, 1.54) is 6.26 Å². The molecule has 4 heterocycles. The number of carbonyl (C=O) groups is 1. The molecule has 0 spiro atoms. The molecule has 0 radical (unpaired) electrons. The summed E-state index contributed by atoms with van der Waals surface area (Å²) in [6, 6.07) is 6.87. The van der Waals surface area contributed by atoms with Gasteiger partial charge in [0.25, 0.3) is 5.91 Å². The van der Waals surface area contributed by atoms with E-state index in [0.29, 0.717) is 36.3 Å². The predicted octanol–water partition coefficient (Wildman–Crippen LogP) is 2.16. The van der Waals surface area contributed by atoms with Crippen LogP contribution in [0.2, 0.25) is 0 Å². The lowest BCUT2D eigenvalue weighted by Crippen LogP contribution is -2.48. The van der Waals surface area contributed by atoms with Crippen molar-refractivity contribution >= 4 is 5.91 Å². The van der Waals surface area contributed by atoms with Gasteiger partial charge in [0.05, 0.1) is 18.4 Å². The molecule has 1 saturated heterocycles. The molecule has 0 saturated carbocycles. The van der Waals surface area contributed by atoms with Gasteiger partial charge >= 0.3 is 0 Å². The first-order chi connectivity index (χ1) is 10.3. The Labute approximate surface area is 119 Å². The van der Waals surface area contributed by atoms with E-state index in [1.54, 1.807) is 35.4 Å². The van der Waals surface area contributed by atoms with E-state index in [9.17, 15) is 4.79 Å². The van der Waals surface area contributed by atoms with Gasteiger partial charge in [-0.3, -0.25) is 4.79 Å². The predicted molar refractivity (Wildman–Crippen MR) is 69.4 cm³/mol. The van der Waals surface area contributed by atoms with Gasteiger partial charge in [0, 0.05) is 13.1 Å². The smallest absolute Gasteiger partial charge is 0.289 e. The molecule has 1 fully saturated rings. The highest BCUT2D eigenvalue weighted by Gasteiger charge is 2.37. The van der Waals surface area contributed by atoms with Gasteiger partial charge in [-0.2, -0.15) is 4.98 Å². The molecule has 0 atom stereocenters. The van der Waals surface area contributed by atoms with Crippen molar-refractivity contribution in [2.75, 3.05) is 13.1 Å². The molecule has 7 heteroatoms. The topological polar surface area (TPSA) is 85.5 Å². The Balaban J connectivity index is 1.43. The second kappa shape index (κ2) is 4.62. The maximum atomic E-state index is 12.0. The first kappa shape index (κ1) is 12.0. The number of likely N-dealkylation sites (tertiary alicyclic amines) is 1. The molecule has 3 aromatic rings. The first-order valence-electron chi connectivity index (χ1n) is 6.51. The number of hydrogen-bond donors (Lipinski definition) is 0. The van der Waals surface area contributed by atoms with Crippen molar-refractivity contribution in [1.82, 2.24) is 15.0 Å². The lowest BCUT2D eigenvalue weighted by molar-refractivity contribution is 0.0537. The molecular formula is C14H11N3O4. The highest BCUT2D eigenvalue weighted by Crippen LogP contribution is 2.28. The fraction of sp³-hybridized carbons (Fsp3) is 0.214. The summed E-state index contributed by atoms with van der Waals surface area (Å²) in [4.78, 5) is 18.0. The summed E-state index contributed by atoms with van der Waals surface area (Å²) >= 11 is 0. The summed E-state index contributed by atoms with van der Waals surface area (Å²) in [5, 5.41) is 3.88. The van der Waals surface area contributed by atoms with Crippen LogP contribution in [0, 0.1) is 0 Å². The highest BCUT2D eigenvalue weighted by molar-refractivity contribution is 5.92. The molecular weight excluding hydrogens is 274 g/mol. The first-order valence-corrected chi connectivity index (χ1v) is 6.51. The van der Waals surface area contributed by atoms with Crippen LogP contribution in [-0.2, 0) is 0 Å². The Bertz CT molecular complexity index is 739. The number of carbonyl (C=O) groups excluding carboxylic acids is 1. The summed E-state index contributed by atoms with van der Waals surface area (Å²) in [6.07, 6.45) is 3.04. The number of amides is 1. The molecule has 1 amide bonds. The second-order valence-corrected chi connectivity index (χ2v) is 4.82. The minimum atomic E-state index is -0.123. The van der Waals surface area contributed by atoms with Crippen LogP contribution in [0.4, 0.5) is 0 Å². The largest absolute Gasteiger partial charge is 0.461 e. The Kier molecular flexibility index (Phi) is 2.63.